The lowest BCUT2D eigenvalue weighted by molar-refractivity contribution is -0.127. The van der Waals surface area contributed by atoms with Gasteiger partial charge in [-0.3, -0.25) is 4.79 Å². The lowest BCUT2D eigenvalue weighted by Crippen LogP contribution is -2.12. The minimum atomic E-state index is -0.980. The third kappa shape index (κ3) is 2.80. The van der Waals surface area contributed by atoms with E-state index < -0.39 is 6.10 Å². The van der Waals surface area contributed by atoms with Crippen molar-refractivity contribution in [3.05, 3.63) is 29.8 Å². The zero-order valence-corrected chi connectivity index (χ0v) is 9.40. The van der Waals surface area contributed by atoms with E-state index in [4.69, 9.17) is 0 Å². The topological polar surface area (TPSA) is 40.5 Å². The lowest BCUT2D eigenvalue weighted by Gasteiger charge is -2.14. The number of aliphatic hydroxyl groups excluding tert-OH is 1. The highest BCUT2D eigenvalue weighted by Crippen LogP contribution is 2.19. The van der Waals surface area contributed by atoms with E-state index in [-0.39, 0.29) is 5.78 Å². The molecule has 1 unspecified atom stereocenters. The molecule has 1 N–H and O–H groups in total. The molecule has 3 heteroatoms. The zero-order chi connectivity index (χ0) is 11.4. The smallest absolute Gasteiger partial charge is 0.165 e. The minimum absolute atomic E-state index is 0.146. The molecular formula is C12H17NO2. The molecule has 1 aromatic carbocycles. The molecular weight excluding hydrogens is 190 g/mol. The van der Waals surface area contributed by atoms with E-state index in [0.29, 0.717) is 12.0 Å². The standard InChI is InChI=1S/C12H17NO2/c1-4-11(14)12(15)9-5-7-10(8-6-9)13(2)3/h5-8,12,15H,4H2,1-3H3. The lowest BCUT2D eigenvalue weighted by atomic mass is 10.0. The molecule has 82 valence electrons. The summed E-state index contributed by atoms with van der Waals surface area (Å²) in [6.07, 6.45) is -0.623. The highest BCUT2D eigenvalue weighted by atomic mass is 16.3. The highest BCUT2D eigenvalue weighted by Gasteiger charge is 2.14. The van der Waals surface area contributed by atoms with Crippen LogP contribution in [0.4, 0.5) is 5.69 Å². The number of benzene rings is 1. The average molecular weight is 207 g/mol. The molecule has 15 heavy (non-hydrogen) atoms. The van der Waals surface area contributed by atoms with Gasteiger partial charge in [-0.15, -0.1) is 0 Å². The SMILES string of the molecule is CCC(=O)C(O)c1ccc(N(C)C)cc1. The number of aliphatic hydroxyl groups is 1. The number of carbonyl (C=O) groups excluding carboxylic acids is 1. The summed E-state index contributed by atoms with van der Waals surface area (Å²) in [5.41, 5.74) is 1.71. The quantitative estimate of drug-likeness (QED) is 0.818. The van der Waals surface area contributed by atoms with Crippen LogP contribution in [0.5, 0.6) is 0 Å². The summed E-state index contributed by atoms with van der Waals surface area (Å²) in [5, 5.41) is 9.66. The van der Waals surface area contributed by atoms with Crippen LogP contribution >= 0.6 is 0 Å². The Bertz CT molecular complexity index is 330. The first kappa shape index (κ1) is 11.7. The van der Waals surface area contributed by atoms with Crippen molar-refractivity contribution in [1.29, 1.82) is 0 Å². The molecule has 0 amide bonds. The summed E-state index contributed by atoms with van der Waals surface area (Å²) in [7, 11) is 3.89. The van der Waals surface area contributed by atoms with Gasteiger partial charge in [0, 0.05) is 26.2 Å². The highest BCUT2D eigenvalue weighted by molar-refractivity contribution is 5.83. The van der Waals surface area contributed by atoms with Crippen LogP contribution in [0, 0.1) is 0 Å². The second-order valence-corrected chi connectivity index (χ2v) is 3.71. The van der Waals surface area contributed by atoms with Crippen LogP contribution in [0.15, 0.2) is 24.3 Å². The van der Waals surface area contributed by atoms with Gasteiger partial charge in [0.2, 0.25) is 0 Å². The molecule has 1 aromatic rings. The largest absolute Gasteiger partial charge is 0.381 e. The molecule has 0 saturated heterocycles. The van der Waals surface area contributed by atoms with Gasteiger partial charge in [-0.05, 0) is 17.7 Å². The summed E-state index contributed by atoms with van der Waals surface area (Å²) in [5.74, 6) is -0.146. The Labute approximate surface area is 90.3 Å². The van der Waals surface area contributed by atoms with Crippen molar-refractivity contribution in [1.82, 2.24) is 0 Å². The molecule has 1 rings (SSSR count). The Morgan fingerprint density at radius 2 is 1.87 bits per heavy atom. The Morgan fingerprint density at radius 3 is 2.27 bits per heavy atom. The van der Waals surface area contributed by atoms with Crippen molar-refractivity contribution in [2.45, 2.75) is 19.4 Å². The molecule has 0 saturated carbocycles. The van der Waals surface area contributed by atoms with Crippen LogP contribution in [0.25, 0.3) is 0 Å². The molecule has 0 heterocycles. The molecule has 3 nitrogen and oxygen atoms in total. The van der Waals surface area contributed by atoms with Crippen molar-refractivity contribution in [2.75, 3.05) is 19.0 Å². The minimum Gasteiger partial charge on any atom is -0.381 e. The van der Waals surface area contributed by atoms with Crippen LogP contribution < -0.4 is 4.90 Å². The predicted molar refractivity (Wildman–Crippen MR) is 61.0 cm³/mol. The van der Waals surface area contributed by atoms with E-state index in [9.17, 15) is 9.90 Å². The third-order valence-electron chi connectivity index (χ3n) is 2.38. The number of nitrogens with zero attached hydrogens (tertiary/aromatic N) is 1. The van der Waals surface area contributed by atoms with E-state index in [2.05, 4.69) is 0 Å². The molecule has 0 aromatic heterocycles. The fourth-order valence-electron chi connectivity index (χ4n) is 1.33. The van der Waals surface area contributed by atoms with Gasteiger partial charge >= 0.3 is 0 Å². The summed E-state index contributed by atoms with van der Waals surface area (Å²) < 4.78 is 0. The maximum Gasteiger partial charge on any atom is 0.165 e. The Balaban J connectivity index is 2.84. The van der Waals surface area contributed by atoms with E-state index in [1.165, 1.54) is 0 Å². The van der Waals surface area contributed by atoms with Crippen LogP contribution in [0.2, 0.25) is 0 Å². The maximum atomic E-state index is 11.3. The molecule has 0 fully saturated rings. The number of ketones is 1. The molecule has 0 aliphatic carbocycles. The van der Waals surface area contributed by atoms with Crippen molar-refractivity contribution in [3.8, 4) is 0 Å². The summed E-state index contributed by atoms with van der Waals surface area (Å²) in [6.45, 7) is 1.75. The van der Waals surface area contributed by atoms with Gasteiger partial charge < -0.3 is 10.0 Å². The number of rotatable bonds is 4. The second-order valence-electron chi connectivity index (χ2n) is 3.71. The number of hydrogen-bond donors (Lipinski definition) is 1. The molecule has 0 bridgehead atoms. The van der Waals surface area contributed by atoms with E-state index in [0.717, 1.165) is 5.69 Å². The van der Waals surface area contributed by atoms with Crippen LogP contribution in [0.3, 0.4) is 0 Å². The summed E-state index contributed by atoms with van der Waals surface area (Å²) in [4.78, 5) is 13.2. The van der Waals surface area contributed by atoms with Gasteiger partial charge in [-0.2, -0.15) is 0 Å². The molecule has 0 aliphatic heterocycles. The van der Waals surface area contributed by atoms with Gasteiger partial charge in [0.05, 0.1) is 0 Å². The monoisotopic (exact) mass is 207 g/mol. The van der Waals surface area contributed by atoms with E-state index >= 15 is 0 Å². The number of Topliss-reactive ketones (excluding diaryl/α,β-unsaturated/α-hetero) is 1. The fourth-order valence-corrected chi connectivity index (χ4v) is 1.33. The van der Waals surface area contributed by atoms with Crippen LogP contribution in [-0.4, -0.2) is 25.0 Å². The van der Waals surface area contributed by atoms with Crippen molar-refractivity contribution in [2.24, 2.45) is 0 Å². The zero-order valence-electron chi connectivity index (χ0n) is 9.40. The average Bonchev–Trinajstić information content (AvgIpc) is 2.27. The third-order valence-corrected chi connectivity index (χ3v) is 2.38. The Kier molecular flexibility index (Phi) is 3.86. The van der Waals surface area contributed by atoms with Crippen molar-refractivity contribution in [3.63, 3.8) is 0 Å². The van der Waals surface area contributed by atoms with Gasteiger partial charge in [0.25, 0.3) is 0 Å². The maximum absolute atomic E-state index is 11.3. The first-order valence-corrected chi connectivity index (χ1v) is 5.04. The number of carbonyl (C=O) groups is 1. The number of anilines is 1. The normalized spacial score (nSPS) is 12.3. The van der Waals surface area contributed by atoms with E-state index in [1.807, 2.05) is 31.1 Å². The van der Waals surface area contributed by atoms with E-state index in [1.54, 1.807) is 19.1 Å². The van der Waals surface area contributed by atoms with Crippen LogP contribution in [0.1, 0.15) is 25.0 Å². The van der Waals surface area contributed by atoms with Crippen molar-refractivity contribution < 1.29 is 9.90 Å². The molecule has 0 spiro atoms. The first-order chi connectivity index (χ1) is 7.06. The second kappa shape index (κ2) is 4.94. The van der Waals surface area contributed by atoms with Gasteiger partial charge in [-0.1, -0.05) is 19.1 Å². The molecule has 0 radical (unpaired) electrons. The van der Waals surface area contributed by atoms with Crippen LogP contribution in [-0.2, 0) is 4.79 Å². The number of hydrogen-bond acceptors (Lipinski definition) is 3. The van der Waals surface area contributed by atoms with Gasteiger partial charge in [0.1, 0.15) is 6.10 Å². The van der Waals surface area contributed by atoms with Crippen molar-refractivity contribution >= 4 is 11.5 Å². The first-order valence-electron chi connectivity index (χ1n) is 5.04. The summed E-state index contributed by atoms with van der Waals surface area (Å²) in [6, 6.07) is 7.35. The molecule has 1 atom stereocenters. The summed E-state index contributed by atoms with van der Waals surface area (Å²) >= 11 is 0. The van der Waals surface area contributed by atoms with Gasteiger partial charge in [0.15, 0.2) is 5.78 Å². The van der Waals surface area contributed by atoms with Gasteiger partial charge in [-0.25, -0.2) is 0 Å². The Morgan fingerprint density at radius 1 is 1.33 bits per heavy atom. The Hall–Kier alpha value is -1.35. The predicted octanol–water partition coefficient (Wildman–Crippen LogP) is 1.77. The molecule has 0 aliphatic rings. The fraction of sp³-hybridized carbons (Fsp3) is 0.417.